The predicted octanol–water partition coefficient (Wildman–Crippen LogP) is 5.13. The molecule has 1 atom stereocenters. The van der Waals surface area contributed by atoms with Crippen molar-refractivity contribution in [3.63, 3.8) is 0 Å². The Morgan fingerprint density at radius 1 is 0.920 bits per heavy atom. The molecule has 0 aliphatic carbocycles. The average molecular weight is 400 g/mol. The SMILES string of the molecule is O=C(Nc1cc(C(F)(F)F)cc(C(F)(F)F)c1)c1cc(Cl)ccc1P. The first kappa shape index (κ1) is 19.5. The van der Waals surface area contributed by atoms with Gasteiger partial charge >= 0.3 is 12.4 Å². The number of benzene rings is 2. The summed E-state index contributed by atoms with van der Waals surface area (Å²) in [6, 6.07) is 5.04. The third-order valence-electron chi connectivity index (χ3n) is 3.11. The van der Waals surface area contributed by atoms with Gasteiger partial charge in [0.15, 0.2) is 0 Å². The summed E-state index contributed by atoms with van der Waals surface area (Å²) < 4.78 is 76.9. The van der Waals surface area contributed by atoms with Crippen molar-refractivity contribution in [2.75, 3.05) is 5.32 Å². The number of hydrogen-bond acceptors (Lipinski definition) is 1. The molecule has 134 valence electrons. The van der Waals surface area contributed by atoms with Crippen LogP contribution in [0.15, 0.2) is 36.4 Å². The molecule has 0 spiro atoms. The van der Waals surface area contributed by atoms with E-state index in [1.165, 1.54) is 18.2 Å². The van der Waals surface area contributed by atoms with E-state index in [2.05, 4.69) is 9.24 Å². The molecule has 2 aromatic carbocycles. The van der Waals surface area contributed by atoms with Gasteiger partial charge in [-0.2, -0.15) is 26.3 Å². The lowest BCUT2D eigenvalue weighted by Gasteiger charge is -2.15. The van der Waals surface area contributed by atoms with Crippen LogP contribution in [0, 0.1) is 0 Å². The molecule has 0 heterocycles. The van der Waals surface area contributed by atoms with Crippen LogP contribution in [0.5, 0.6) is 0 Å². The maximum Gasteiger partial charge on any atom is 0.416 e. The van der Waals surface area contributed by atoms with Crippen LogP contribution in [-0.2, 0) is 12.4 Å². The lowest BCUT2D eigenvalue weighted by molar-refractivity contribution is -0.143. The van der Waals surface area contributed by atoms with E-state index in [4.69, 9.17) is 11.6 Å². The molecule has 0 saturated carbocycles. The molecule has 10 heteroatoms. The van der Waals surface area contributed by atoms with Crippen molar-refractivity contribution in [1.82, 2.24) is 0 Å². The molecule has 0 aliphatic heterocycles. The number of hydrogen-bond donors (Lipinski definition) is 1. The van der Waals surface area contributed by atoms with Crippen molar-refractivity contribution in [1.29, 1.82) is 0 Å². The highest BCUT2D eigenvalue weighted by atomic mass is 35.5. The third-order valence-corrected chi connectivity index (χ3v) is 3.84. The molecule has 1 amide bonds. The van der Waals surface area contributed by atoms with E-state index in [0.29, 0.717) is 17.4 Å². The molecule has 0 radical (unpaired) electrons. The zero-order valence-electron chi connectivity index (χ0n) is 12.1. The Morgan fingerprint density at radius 2 is 1.44 bits per heavy atom. The van der Waals surface area contributed by atoms with Gasteiger partial charge in [-0.05, 0) is 35.6 Å². The zero-order valence-corrected chi connectivity index (χ0v) is 14.0. The maximum absolute atomic E-state index is 12.8. The number of nitrogens with one attached hydrogen (secondary N) is 1. The van der Waals surface area contributed by atoms with Gasteiger partial charge in [0.2, 0.25) is 0 Å². The fraction of sp³-hybridized carbons (Fsp3) is 0.133. The Bertz CT molecular complexity index is 786. The molecule has 0 fully saturated rings. The van der Waals surface area contributed by atoms with Gasteiger partial charge in [0.05, 0.1) is 11.1 Å². The van der Waals surface area contributed by atoms with Crippen LogP contribution in [0.4, 0.5) is 32.0 Å². The van der Waals surface area contributed by atoms with Gasteiger partial charge < -0.3 is 5.32 Å². The predicted molar refractivity (Wildman–Crippen MR) is 85.2 cm³/mol. The number of carbonyl (C=O) groups is 1. The molecule has 0 aromatic heterocycles. The quantitative estimate of drug-likeness (QED) is 0.550. The second-order valence-electron chi connectivity index (χ2n) is 4.98. The highest BCUT2D eigenvalue weighted by molar-refractivity contribution is 7.27. The second kappa shape index (κ2) is 6.84. The topological polar surface area (TPSA) is 29.1 Å². The minimum atomic E-state index is -5.00. The molecule has 0 bridgehead atoms. The van der Waals surface area contributed by atoms with E-state index in [9.17, 15) is 31.1 Å². The fourth-order valence-electron chi connectivity index (χ4n) is 1.95. The Hall–Kier alpha value is -1.79. The zero-order chi connectivity index (χ0) is 19.0. The summed E-state index contributed by atoms with van der Waals surface area (Å²) in [5.74, 6) is -0.889. The summed E-state index contributed by atoms with van der Waals surface area (Å²) in [7, 11) is 2.22. The first-order chi connectivity index (χ1) is 11.4. The van der Waals surface area contributed by atoms with Crippen molar-refractivity contribution in [3.05, 3.63) is 58.1 Å². The third kappa shape index (κ3) is 4.86. The lowest BCUT2D eigenvalue weighted by Crippen LogP contribution is -2.19. The van der Waals surface area contributed by atoms with E-state index < -0.39 is 35.1 Å². The van der Waals surface area contributed by atoms with Crippen LogP contribution in [0.1, 0.15) is 21.5 Å². The van der Waals surface area contributed by atoms with E-state index in [1.807, 2.05) is 5.32 Å². The van der Waals surface area contributed by atoms with Gasteiger partial charge in [-0.15, -0.1) is 9.24 Å². The molecular formula is C15H9ClF6NOP. The second-order valence-corrected chi connectivity index (χ2v) is 6.04. The molecule has 1 N–H and O–H groups in total. The minimum absolute atomic E-state index is 0.00321. The minimum Gasteiger partial charge on any atom is -0.322 e. The van der Waals surface area contributed by atoms with Crippen molar-refractivity contribution >= 4 is 37.7 Å². The molecule has 25 heavy (non-hydrogen) atoms. The van der Waals surface area contributed by atoms with Gasteiger partial charge in [-0.3, -0.25) is 4.79 Å². The van der Waals surface area contributed by atoms with Crippen molar-refractivity contribution in [2.24, 2.45) is 0 Å². The number of anilines is 1. The fourth-order valence-corrected chi connectivity index (χ4v) is 2.43. The number of halogens is 7. The Kier molecular flexibility index (Phi) is 5.35. The largest absolute Gasteiger partial charge is 0.416 e. The summed E-state index contributed by atoms with van der Waals surface area (Å²) in [6.45, 7) is 0. The lowest BCUT2D eigenvalue weighted by atomic mass is 10.1. The number of amides is 1. The maximum atomic E-state index is 12.8. The number of carbonyl (C=O) groups excluding carboxylic acids is 1. The Morgan fingerprint density at radius 3 is 1.92 bits per heavy atom. The molecule has 0 saturated heterocycles. The van der Waals surface area contributed by atoms with Crippen LogP contribution in [0.25, 0.3) is 0 Å². The first-order valence-electron chi connectivity index (χ1n) is 6.54. The molecule has 1 unspecified atom stereocenters. The van der Waals surface area contributed by atoms with Crippen LogP contribution in [0.3, 0.4) is 0 Å². The Labute approximate surface area is 145 Å². The van der Waals surface area contributed by atoms with Crippen molar-refractivity contribution < 1.29 is 31.1 Å². The van der Waals surface area contributed by atoms with E-state index >= 15 is 0 Å². The van der Waals surface area contributed by atoms with Crippen LogP contribution in [0.2, 0.25) is 5.02 Å². The normalized spacial score (nSPS) is 12.2. The smallest absolute Gasteiger partial charge is 0.322 e. The average Bonchev–Trinajstić information content (AvgIpc) is 2.47. The standard InChI is InChI=1S/C15H9ClF6NOP/c16-9-1-2-12(25)11(6-9)13(24)23-10-4-7(14(17,18)19)3-8(5-10)15(20,21)22/h1-6H,25H2,(H,23,24). The van der Waals surface area contributed by atoms with Crippen molar-refractivity contribution in [2.45, 2.75) is 12.4 Å². The van der Waals surface area contributed by atoms with Crippen molar-refractivity contribution in [3.8, 4) is 0 Å². The van der Waals surface area contributed by atoms with Gasteiger partial charge in [0.25, 0.3) is 5.91 Å². The summed E-state index contributed by atoms with van der Waals surface area (Å²) in [5.41, 5.74) is -3.66. The van der Waals surface area contributed by atoms with Gasteiger partial charge in [-0.1, -0.05) is 17.7 Å². The van der Waals surface area contributed by atoms with E-state index in [0.717, 1.165) is 0 Å². The summed E-state index contributed by atoms with van der Waals surface area (Å²) in [6.07, 6.45) is -9.99. The first-order valence-corrected chi connectivity index (χ1v) is 7.49. The molecule has 2 nitrogen and oxygen atoms in total. The van der Waals surface area contributed by atoms with Crippen LogP contribution >= 0.6 is 20.8 Å². The number of rotatable bonds is 2. The highest BCUT2D eigenvalue weighted by Gasteiger charge is 2.37. The monoisotopic (exact) mass is 399 g/mol. The highest BCUT2D eigenvalue weighted by Crippen LogP contribution is 2.37. The van der Waals surface area contributed by atoms with E-state index in [1.54, 1.807) is 0 Å². The summed E-state index contributed by atoms with van der Waals surface area (Å²) in [5, 5.41) is 2.61. The molecule has 0 aliphatic rings. The molecular weight excluding hydrogens is 391 g/mol. The number of alkyl halides is 6. The summed E-state index contributed by atoms with van der Waals surface area (Å²) >= 11 is 5.75. The summed E-state index contributed by atoms with van der Waals surface area (Å²) in [4.78, 5) is 12.2. The Balaban J connectivity index is 2.45. The van der Waals surface area contributed by atoms with E-state index in [-0.39, 0.29) is 16.7 Å². The molecule has 2 aromatic rings. The van der Waals surface area contributed by atoms with Crippen LogP contribution < -0.4 is 10.6 Å². The van der Waals surface area contributed by atoms with Crippen LogP contribution in [-0.4, -0.2) is 5.91 Å². The van der Waals surface area contributed by atoms with Gasteiger partial charge in [0, 0.05) is 16.3 Å². The molecule has 2 rings (SSSR count). The van der Waals surface area contributed by atoms with Gasteiger partial charge in [0.1, 0.15) is 0 Å². The van der Waals surface area contributed by atoms with Gasteiger partial charge in [-0.25, -0.2) is 0 Å².